The van der Waals surface area contributed by atoms with Crippen molar-refractivity contribution in [3.05, 3.63) is 29.8 Å². The highest BCUT2D eigenvalue weighted by Crippen LogP contribution is 2.35. The Balaban J connectivity index is 1.24. The largest absolute Gasteiger partial charge is 0.494 e. The Hall–Kier alpha value is -0.980. The molecule has 1 heteroatoms. The van der Waals surface area contributed by atoms with Crippen molar-refractivity contribution in [3.8, 4) is 5.75 Å². The average molecular weight is 427 g/mol. The second-order valence-corrected chi connectivity index (χ2v) is 10.9. The number of aryl methyl sites for hydroxylation is 1. The number of rotatable bonds is 13. The summed E-state index contributed by atoms with van der Waals surface area (Å²) >= 11 is 0. The second kappa shape index (κ2) is 14.2. The summed E-state index contributed by atoms with van der Waals surface area (Å²) in [5, 5.41) is 0. The maximum atomic E-state index is 6.06. The lowest BCUT2D eigenvalue weighted by atomic mass is 9.78. The fraction of sp³-hybridized carbons (Fsp3) is 0.800. The molecule has 1 nitrogen and oxygen atoms in total. The van der Waals surface area contributed by atoms with E-state index in [0.29, 0.717) is 0 Å². The zero-order chi connectivity index (χ0) is 21.7. The van der Waals surface area contributed by atoms with E-state index in [1.807, 2.05) is 0 Å². The van der Waals surface area contributed by atoms with E-state index in [4.69, 9.17) is 4.74 Å². The first-order valence-electron chi connectivity index (χ1n) is 14.0. The summed E-state index contributed by atoms with van der Waals surface area (Å²) in [4.78, 5) is 0. The standard InChI is InChI=1S/C30H50O/c1-3-5-8-26-12-14-27(15-13-26)9-6-24-31-30-22-20-29(21-23-30)19-18-28-16-10-25(7-4-2)11-17-28/h20-23,25-28H,3-19,24H2,1-2H3. The van der Waals surface area contributed by atoms with Crippen LogP contribution in [0, 0.1) is 23.7 Å². The van der Waals surface area contributed by atoms with Crippen LogP contribution in [-0.2, 0) is 6.42 Å². The molecule has 2 aliphatic carbocycles. The van der Waals surface area contributed by atoms with Crippen LogP contribution in [-0.4, -0.2) is 6.61 Å². The molecule has 0 spiro atoms. The SMILES string of the molecule is CCCCC1CCC(CCCOc2ccc(CCC3CCC(CCC)CC3)cc2)CC1. The number of unbranched alkanes of at least 4 members (excludes halogenated alkanes) is 1. The van der Waals surface area contributed by atoms with Crippen LogP contribution in [0.2, 0.25) is 0 Å². The Kier molecular flexibility index (Phi) is 11.3. The lowest BCUT2D eigenvalue weighted by Gasteiger charge is -2.28. The lowest BCUT2D eigenvalue weighted by Crippen LogP contribution is -2.15. The molecule has 0 atom stereocenters. The van der Waals surface area contributed by atoms with Gasteiger partial charge in [0, 0.05) is 0 Å². The van der Waals surface area contributed by atoms with Gasteiger partial charge in [-0.05, 0) is 67.1 Å². The normalized spacial score (nSPS) is 26.6. The predicted molar refractivity (Wildman–Crippen MR) is 135 cm³/mol. The molecule has 0 unspecified atom stereocenters. The van der Waals surface area contributed by atoms with Crippen LogP contribution >= 0.6 is 0 Å². The van der Waals surface area contributed by atoms with Gasteiger partial charge in [0.15, 0.2) is 0 Å². The monoisotopic (exact) mass is 426 g/mol. The van der Waals surface area contributed by atoms with E-state index in [-0.39, 0.29) is 0 Å². The summed E-state index contributed by atoms with van der Waals surface area (Å²) in [6, 6.07) is 9.00. The Morgan fingerprint density at radius 1 is 0.613 bits per heavy atom. The first-order valence-corrected chi connectivity index (χ1v) is 14.0. The molecule has 0 aromatic heterocycles. The summed E-state index contributed by atoms with van der Waals surface area (Å²) in [6.07, 6.45) is 24.0. The van der Waals surface area contributed by atoms with Gasteiger partial charge >= 0.3 is 0 Å². The molecule has 176 valence electrons. The molecule has 31 heavy (non-hydrogen) atoms. The van der Waals surface area contributed by atoms with Crippen LogP contribution in [0.4, 0.5) is 0 Å². The smallest absolute Gasteiger partial charge is 0.119 e. The van der Waals surface area contributed by atoms with Gasteiger partial charge in [-0.25, -0.2) is 0 Å². The van der Waals surface area contributed by atoms with Crippen LogP contribution < -0.4 is 4.74 Å². The highest BCUT2D eigenvalue weighted by Gasteiger charge is 2.21. The number of hydrogen-bond acceptors (Lipinski definition) is 1. The Morgan fingerprint density at radius 3 is 1.68 bits per heavy atom. The predicted octanol–water partition coefficient (Wildman–Crippen LogP) is 9.38. The molecule has 0 amide bonds. The van der Waals surface area contributed by atoms with E-state index >= 15 is 0 Å². The molecule has 2 saturated carbocycles. The third kappa shape index (κ3) is 9.19. The number of ether oxygens (including phenoxy) is 1. The van der Waals surface area contributed by atoms with E-state index in [1.54, 1.807) is 0 Å². The second-order valence-electron chi connectivity index (χ2n) is 10.9. The minimum Gasteiger partial charge on any atom is -0.494 e. The molecule has 1 aromatic carbocycles. The van der Waals surface area contributed by atoms with Crippen molar-refractivity contribution in [1.29, 1.82) is 0 Å². The van der Waals surface area contributed by atoms with E-state index in [1.165, 1.54) is 115 Å². The van der Waals surface area contributed by atoms with Crippen LogP contribution in [0.15, 0.2) is 24.3 Å². The molecule has 0 bridgehead atoms. The van der Waals surface area contributed by atoms with Crippen molar-refractivity contribution in [2.75, 3.05) is 6.61 Å². The molecule has 0 aliphatic heterocycles. The van der Waals surface area contributed by atoms with Crippen LogP contribution in [0.3, 0.4) is 0 Å². The Morgan fingerprint density at radius 2 is 1.13 bits per heavy atom. The zero-order valence-electron chi connectivity index (χ0n) is 20.8. The zero-order valence-corrected chi connectivity index (χ0v) is 20.8. The molecule has 0 radical (unpaired) electrons. The summed E-state index contributed by atoms with van der Waals surface area (Å²) < 4.78 is 6.06. The van der Waals surface area contributed by atoms with Gasteiger partial charge in [0.05, 0.1) is 6.61 Å². The van der Waals surface area contributed by atoms with Gasteiger partial charge in [-0.3, -0.25) is 0 Å². The fourth-order valence-corrected chi connectivity index (χ4v) is 6.20. The van der Waals surface area contributed by atoms with Gasteiger partial charge in [-0.1, -0.05) is 109 Å². The van der Waals surface area contributed by atoms with Crippen molar-refractivity contribution in [1.82, 2.24) is 0 Å². The van der Waals surface area contributed by atoms with Gasteiger partial charge in [-0.15, -0.1) is 0 Å². The molecule has 0 saturated heterocycles. The summed E-state index contributed by atoms with van der Waals surface area (Å²) in [5.74, 6) is 5.04. The first-order chi connectivity index (χ1) is 15.3. The van der Waals surface area contributed by atoms with Crippen LogP contribution in [0.25, 0.3) is 0 Å². The van der Waals surface area contributed by atoms with Crippen molar-refractivity contribution < 1.29 is 4.74 Å². The van der Waals surface area contributed by atoms with Crippen LogP contribution in [0.5, 0.6) is 5.75 Å². The Labute approximate surface area is 193 Å². The molecule has 1 aromatic rings. The van der Waals surface area contributed by atoms with Crippen molar-refractivity contribution in [2.24, 2.45) is 23.7 Å². The maximum absolute atomic E-state index is 6.06. The van der Waals surface area contributed by atoms with Crippen molar-refractivity contribution >= 4 is 0 Å². The minimum absolute atomic E-state index is 0.885. The average Bonchev–Trinajstić information content (AvgIpc) is 2.82. The van der Waals surface area contributed by atoms with Gasteiger partial charge in [0.25, 0.3) is 0 Å². The van der Waals surface area contributed by atoms with Gasteiger partial charge < -0.3 is 4.74 Å². The molecule has 0 heterocycles. The quantitative estimate of drug-likeness (QED) is 0.285. The summed E-state index contributed by atoms with van der Waals surface area (Å²) in [7, 11) is 0. The highest BCUT2D eigenvalue weighted by molar-refractivity contribution is 5.27. The number of hydrogen-bond donors (Lipinski definition) is 0. The molecule has 3 rings (SSSR count). The molecular formula is C30H50O. The third-order valence-corrected chi connectivity index (χ3v) is 8.39. The van der Waals surface area contributed by atoms with E-state index in [2.05, 4.69) is 38.1 Å². The first kappa shape index (κ1) is 24.7. The number of benzene rings is 1. The summed E-state index contributed by atoms with van der Waals surface area (Å²) in [6.45, 7) is 5.54. The van der Waals surface area contributed by atoms with E-state index in [0.717, 1.165) is 36.0 Å². The van der Waals surface area contributed by atoms with Gasteiger partial charge in [-0.2, -0.15) is 0 Å². The molecule has 0 N–H and O–H groups in total. The van der Waals surface area contributed by atoms with Crippen molar-refractivity contribution in [2.45, 2.75) is 123 Å². The molecule has 2 aliphatic rings. The van der Waals surface area contributed by atoms with E-state index in [9.17, 15) is 0 Å². The van der Waals surface area contributed by atoms with Gasteiger partial charge in [0.1, 0.15) is 5.75 Å². The molecule has 2 fully saturated rings. The minimum atomic E-state index is 0.885. The third-order valence-electron chi connectivity index (χ3n) is 8.39. The lowest BCUT2D eigenvalue weighted by molar-refractivity contribution is 0.228. The topological polar surface area (TPSA) is 9.23 Å². The molecular weight excluding hydrogens is 376 g/mol. The summed E-state index contributed by atoms with van der Waals surface area (Å²) in [5.41, 5.74) is 1.49. The highest BCUT2D eigenvalue weighted by atomic mass is 16.5. The fourth-order valence-electron chi connectivity index (χ4n) is 6.20. The van der Waals surface area contributed by atoms with Crippen LogP contribution in [0.1, 0.15) is 122 Å². The van der Waals surface area contributed by atoms with E-state index < -0.39 is 0 Å². The van der Waals surface area contributed by atoms with Gasteiger partial charge in [0.2, 0.25) is 0 Å². The Bertz CT molecular complexity index is 561. The van der Waals surface area contributed by atoms with Crippen molar-refractivity contribution in [3.63, 3.8) is 0 Å². The maximum Gasteiger partial charge on any atom is 0.119 e.